The number of nitro groups is 1. The number of likely N-dealkylation sites (N-methyl/N-ethyl adjacent to an activating group) is 1. The minimum absolute atomic E-state index is 0.0603. The van der Waals surface area contributed by atoms with Crippen LogP contribution in [0.15, 0.2) is 54.2 Å². The first-order chi connectivity index (χ1) is 17.0. The summed E-state index contributed by atoms with van der Waals surface area (Å²) < 4.78 is 3.93. The van der Waals surface area contributed by atoms with Crippen LogP contribution in [-0.2, 0) is 7.05 Å². The molecule has 0 aromatic carbocycles. The summed E-state index contributed by atoms with van der Waals surface area (Å²) >= 11 is 0. The summed E-state index contributed by atoms with van der Waals surface area (Å²) in [5.74, 6) is -0.526. The third kappa shape index (κ3) is 5.69. The van der Waals surface area contributed by atoms with Gasteiger partial charge >= 0.3 is 12.1 Å². The van der Waals surface area contributed by atoms with Crippen LogP contribution in [0, 0.1) is 10.1 Å². The molecule has 0 spiro atoms. The van der Waals surface area contributed by atoms with Crippen molar-refractivity contribution in [3.8, 4) is 0 Å². The first-order valence-electron chi connectivity index (χ1n) is 10.5. The van der Waals surface area contributed by atoms with Gasteiger partial charge in [0, 0.05) is 58.5 Å². The third-order valence-electron chi connectivity index (χ3n) is 5.23. The average molecular weight is 499 g/mol. The number of amides is 3. The molecule has 0 saturated carbocycles. The SMILES string of the molecule is CN(CCN=C(N)N)C(=O)n1ccc(NC(=O)c2cc(N(C)C(=O)n3ccc([N+](=O)[O-])c3)cn2C)c1. The maximum absolute atomic E-state index is 12.8. The Balaban J connectivity index is 1.67. The zero-order valence-corrected chi connectivity index (χ0v) is 19.9. The summed E-state index contributed by atoms with van der Waals surface area (Å²) in [5.41, 5.74) is 11.4. The van der Waals surface area contributed by atoms with Gasteiger partial charge in [0.2, 0.25) is 0 Å². The van der Waals surface area contributed by atoms with Crippen LogP contribution in [0.4, 0.5) is 26.7 Å². The van der Waals surface area contributed by atoms with E-state index in [1.807, 2.05) is 0 Å². The molecular weight excluding hydrogens is 472 g/mol. The molecule has 190 valence electrons. The number of hydrogen-bond acceptors (Lipinski definition) is 6. The monoisotopic (exact) mass is 498 g/mol. The first kappa shape index (κ1) is 25.5. The van der Waals surface area contributed by atoms with Gasteiger partial charge in [0.05, 0.1) is 29.0 Å². The molecule has 5 N–H and O–H groups in total. The van der Waals surface area contributed by atoms with Gasteiger partial charge in [0.1, 0.15) is 5.69 Å². The van der Waals surface area contributed by atoms with E-state index >= 15 is 0 Å². The number of guanidine groups is 1. The molecule has 0 radical (unpaired) electrons. The lowest BCUT2D eigenvalue weighted by Crippen LogP contribution is -2.33. The third-order valence-corrected chi connectivity index (χ3v) is 5.23. The Kier molecular flexibility index (Phi) is 7.42. The average Bonchev–Trinajstić information content (AvgIpc) is 3.57. The number of carbonyl (C=O) groups excluding carboxylic acids is 3. The molecular formula is C21H26N10O5. The number of hydrogen-bond donors (Lipinski definition) is 3. The molecule has 3 heterocycles. The maximum Gasteiger partial charge on any atom is 0.332 e. The highest BCUT2D eigenvalue weighted by Gasteiger charge is 2.21. The number of rotatable bonds is 7. The zero-order valence-electron chi connectivity index (χ0n) is 19.9. The van der Waals surface area contributed by atoms with Crippen molar-refractivity contribution in [3.05, 3.63) is 65.0 Å². The summed E-state index contributed by atoms with van der Waals surface area (Å²) in [6, 6.07) is 3.41. The Hall–Kier alpha value is -5.08. The van der Waals surface area contributed by atoms with Crippen molar-refractivity contribution in [2.45, 2.75) is 0 Å². The van der Waals surface area contributed by atoms with Crippen LogP contribution in [0.5, 0.6) is 0 Å². The number of aliphatic imine (C=N–C) groups is 1. The van der Waals surface area contributed by atoms with Gasteiger partial charge in [-0.2, -0.15) is 0 Å². The van der Waals surface area contributed by atoms with E-state index < -0.39 is 16.9 Å². The van der Waals surface area contributed by atoms with Crippen molar-refractivity contribution in [1.29, 1.82) is 0 Å². The van der Waals surface area contributed by atoms with E-state index in [1.54, 1.807) is 26.4 Å². The smallest absolute Gasteiger partial charge is 0.332 e. The highest BCUT2D eigenvalue weighted by Crippen LogP contribution is 2.20. The minimum Gasteiger partial charge on any atom is -0.370 e. The van der Waals surface area contributed by atoms with E-state index in [9.17, 15) is 24.5 Å². The Morgan fingerprint density at radius 2 is 1.75 bits per heavy atom. The molecule has 0 fully saturated rings. The van der Waals surface area contributed by atoms with Crippen molar-refractivity contribution in [1.82, 2.24) is 18.6 Å². The van der Waals surface area contributed by atoms with Crippen molar-refractivity contribution < 1.29 is 19.3 Å². The Labute approximate surface area is 205 Å². The lowest BCUT2D eigenvalue weighted by atomic mass is 10.3. The molecule has 3 amide bonds. The quantitative estimate of drug-likeness (QED) is 0.188. The summed E-state index contributed by atoms with van der Waals surface area (Å²) in [5, 5.41) is 13.6. The number of aryl methyl sites for hydroxylation is 1. The molecule has 15 nitrogen and oxygen atoms in total. The van der Waals surface area contributed by atoms with Gasteiger partial charge < -0.3 is 26.3 Å². The maximum atomic E-state index is 12.8. The van der Waals surface area contributed by atoms with Crippen molar-refractivity contribution in [2.75, 3.05) is 37.4 Å². The molecule has 0 bridgehead atoms. The predicted octanol–water partition coefficient (Wildman–Crippen LogP) is 1.07. The number of aromatic nitrogens is 3. The van der Waals surface area contributed by atoms with Crippen LogP contribution >= 0.6 is 0 Å². The number of nitrogens with zero attached hydrogens (tertiary/aromatic N) is 7. The van der Waals surface area contributed by atoms with Gasteiger partial charge in [0.25, 0.3) is 11.6 Å². The van der Waals surface area contributed by atoms with Gasteiger partial charge in [-0.15, -0.1) is 0 Å². The fourth-order valence-corrected chi connectivity index (χ4v) is 3.26. The molecule has 0 atom stereocenters. The molecule has 36 heavy (non-hydrogen) atoms. The summed E-state index contributed by atoms with van der Waals surface area (Å²) in [6.07, 6.45) is 6.95. The lowest BCUT2D eigenvalue weighted by molar-refractivity contribution is -0.384. The minimum atomic E-state index is -0.597. The standard InChI is InChI=1S/C21H26N10O5/c1-26(9-6-24-19(22)23)20(33)29-7-4-14(11-29)25-18(32)17-10-16(12-27(17)2)28(3)21(34)30-8-5-15(13-30)31(35)36/h4-5,7-8,10-13H,6,9H2,1-3H3,(H,25,32)(H4,22,23,24). The second-order valence-corrected chi connectivity index (χ2v) is 7.84. The number of nitrogens with two attached hydrogens (primary N) is 2. The van der Waals surface area contributed by atoms with Gasteiger partial charge in [-0.3, -0.25) is 33.9 Å². The molecule has 3 aromatic heterocycles. The van der Waals surface area contributed by atoms with Crippen LogP contribution in [0.2, 0.25) is 0 Å². The molecule has 3 rings (SSSR count). The van der Waals surface area contributed by atoms with Crippen LogP contribution < -0.4 is 21.7 Å². The fourth-order valence-electron chi connectivity index (χ4n) is 3.26. The van der Waals surface area contributed by atoms with E-state index in [4.69, 9.17) is 11.5 Å². The molecule has 0 aliphatic carbocycles. The van der Waals surface area contributed by atoms with E-state index in [0.29, 0.717) is 17.9 Å². The van der Waals surface area contributed by atoms with E-state index in [-0.39, 0.29) is 29.9 Å². The number of carbonyl (C=O) groups is 3. The van der Waals surface area contributed by atoms with Crippen LogP contribution in [0.3, 0.4) is 0 Å². The molecule has 3 aromatic rings. The zero-order chi connectivity index (χ0) is 26.6. The van der Waals surface area contributed by atoms with Gasteiger partial charge in [0.15, 0.2) is 5.96 Å². The van der Waals surface area contributed by atoms with E-state index in [0.717, 1.165) is 10.8 Å². The molecule has 0 unspecified atom stereocenters. The second-order valence-electron chi connectivity index (χ2n) is 7.84. The first-order valence-corrected chi connectivity index (χ1v) is 10.5. The van der Waals surface area contributed by atoms with Crippen molar-refractivity contribution >= 4 is 41.0 Å². The molecule has 0 aliphatic rings. The molecule has 15 heteroatoms. The topological polar surface area (TPSA) is 192 Å². The van der Waals surface area contributed by atoms with Crippen molar-refractivity contribution in [3.63, 3.8) is 0 Å². The van der Waals surface area contributed by atoms with Gasteiger partial charge in [-0.1, -0.05) is 0 Å². The largest absolute Gasteiger partial charge is 0.370 e. The number of nitrogens with one attached hydrogen (secondary N) is 1. The second kappa shape index (κ2) is 10.5. The summed E-state index contributed by atoms with van der Waals surface area (Å²) in [7, 11) is 4.72. The highest BCUT2D eigenvalue weighted by atomic mass is 16.6. The normalized spacial score (nSPS) is 10.5. The van der Waals surface area contributed by atoms with Gasteiger partial charge in [-0.25, -0.2) is 9.59 Å². The lowest BCUT2D eigenvalue weighted by Gasteiger charge is -2.16. The van der Waals surface area contributed by atoms with E-state index in [1.165, 1.54) is 56.7 Å². The Bertz CT molecular complexity index is 1330. The van der Waals surface area contributed by atoms with E-state index in [2.05, 4.69) is 10.3 Å². The van der Waals surface area contributed by atoms with Crippen molar-refractivity contribution in [2.24, 2.45) is 23.5 Å². The van der Waals surface area contributed by atoms with Crippen LogP contribution in [0.1, 0.15) is 10.5 Å². The molecule has 0 saturated heterocycles. The summed E-state index contributed by atoms with van der Waals surface area (Å²) in [6.45, 7) is 0.550. The van der Waals surface area contributed by atoms with Crippen LogP contribution in [0.25, 0.3) is 0 Å². The van der Waals surface area contributed by atoms with Gasteiger partial charge in [-0.05, 0) is 12.1 Å². The molecule has 0 aliphatic heterocycles. The van der Waals surface area contributed by atoms with Crippen LogP contribution in [-0.4, -0.2) is 74.6 Å². The fraction of sp³-hybridized carbons (Fsp3) is 0.238. The highest BCUT2D eigenvalue weighted by molar-refractivity contribution is 6.05. The Morgan fingerprint density at radius 3 is 2.39 bits per heavy atom. The summed E-state index contributed by atoms with van der Waals surface area (Å²) in [4.78, 5) is 54.8. The Morgan fingerprint density at radius 1 is 1.08 bits per heavy atom. The predicted molar refractivity (Wildman–Crippen MR) is 132 cm³/mol. The number of anilines is 2.